The van der Waals surface area contributed by atoms with Gasteiger partial charge in [-0.3, -0.25) is 0 Å². The molecule has 1 aromatic rings. The first-order valence-corrected chi connectivity index (χ1v) is 6.33. The Hall–Kier alpha value is -0.730. The quantitative estimate of drug-likeness (QED) is 0.876. The Kier molecular flexibility index (Phi) is 4.08. The van der Waals surface area contributed by atoms with Crippen LogP contribution in [0.5, 0.6) is 5.75 Å². The molecule has 16 heavy (non-hydrogen) atoms. The van der Waals surface area contributed by atoms with Gasteiger partial charge in [0.05, 0.1) is 0 Å². The average molecular weight is 240 g/mol. The number of aryl methyl sites for hydroxylation is 1. The lowest BCUT2D eigenvalue weighted by atomic mass is 10.1. The van der Waals surface area contributed by atoms with E-state index in [2.05, 4.69) is 18.3 Å². The van der Waals surface area contributed by atoms with Crippen LogP contribution in [0.25, 0.3) is 0 Å². The zero-order valence-corrected chi connectivity index (χ0v) is 10.4. The van der Waals surface area contributed by atoms with E-state index in [-0.39, 0.29) is 0 Å². The molecule has 1 heterocycles. The molecule has 1 atom stereocenters. The Bertz CT molecular complexity index is 348. The summed E-state index contributed by atoms with van der Waals surface area (Å²) in [7, 11) is 0. The molecule has 1 aromatic carbocycles. The summed E-state index contributed by atoms with van der Waals surface area (Å²) in [5, 5.41) is 4.17. The van der Waals surface area contributed by atoms with E-state index in [0.29, 0.717) is 6.10 Å². The summed E-state index contributed by atoms with van der Waals surface area (Å²) in [5.74, 6) is 0.940. The predicted octanol–water partition coefficient (Wildman–Crippen LogP) is 3.03. The van der Waals surface area contributed by atoms with E-state index in [9.17, 15) is 0 Å². The van der Waals surface area contributed by atoms with Crippen molar-refractivity contribution in [2.75, 3.05) is 13.1 Å². The molecule has 0 aliphatic carbocycles. The van der Waals surface area contributed by atoms with Gasteiger partial charge < -0.3 is 10.1 Å². The molecule has 0 radical (unpaired) electrons. The molecule has 1 aliphatic heterocycles. The maximum Gasteiger partial charge on any atom is 0.120 e. The molecule has 0 unspecified atom stereocenters. The average Bonchev–Trinajstić information content (AvgIpc) is 2.33. The molecule has 2 rings (SSSR count). The summed E-state index contributed by atoms with van der Waals surface area (Å²) < 4.78 is 5.93. The summed E-state index contributed by atoms with van der Waals surface area (Å²) in [6, 6.07) is 5.93. The number of hydrogen-bond acceptors (Lipinski definition) is 2. The fourth-order valence-corrected chi connectivity index (χ4v) is 2.26. The van der Waals surface area contributed by atoms with Crippen molar-refractivity contribution in [3.05, 3.63) is 28.8 Å². The minimum Gasteiger partial charge on any atom is -0.489 e. The Labute approximate surface area is 102 Å². The van der Waals surface area contributed by atoms with Gasteiger partial charge in [0.1, 0.15) is 11.9 Å². The summed E-state index contributed by atoms with van der Waals surface area (Å²) in [6.07, 6.45) is 3.58. The van der Waals surface area contributed by atoms with Gasteiger partial charge in [-0.15, -0.1) is 0 Å². The number of hydrogen-bond donors (Lipinski definition) is 1. The molecular weight excluding hydrogens is 222 g/mol. The van der Waals surface area contributed by atoms with Crippen LogP contribution >= 0.6 is 11.6 Å². The topological polar surface area (TPSA) is 21.3 Å². The molecule has 3 heteroatoms. The third-order valence-electron chi connectivity index (χ3n) is 2.95. The highest BCUT2D eigenvalue weighted by molar-refractivity contribution is 6.31. The lowest BCUT2D eigenvalue weighted by Gasteiger charge is -2.24. The Morgan fingerprint density at radius 1 is 1.50 bits per heavy atom. The van der Waals surface area contributed by atoms with Crippen molar-refractivity contribution in [3.63, 3.8) is 0 Å². The first kappa shape index (κ1) is 11.7. The standard InChI is InChI=1S/C13H18ClNO/c1-2-10-8-11(5-6-13(10)14)16-12-4-3-7-15-9-12/h5-6,8,12,15H,2-4,7,9H2,1H3/t12-/m1/s1. The van der Waals surface area contributed by atoms with Gasteiger partial charge in [0.2, 0.25) is 0 Å². The van der Waals surface area contributed by atoms with Crippen molar-refractivity contribution < 1.29 is 4.74 Å². The second kappa shape index (κ2) is 5.55. The highest BCUT2D eigenvalue weighted by atomic mass is 35.5. The molecule has 88 valence electrons. The number of rotatable bonds is 3. The van der Waals surface area contributed by atoms with Crippen LogP contribution in [-0.2, 0) is 6.42 Å². The number of nitrogens with one attached hydrogen (secondary N) is 1. The molecule has 1 aliphatic rings. The van der Waals surface area contributed by atoms with Crippen LogP contribution in [0, 0.1) is 0 Å². The molecule has 1 fully saturated rings. The molecular formula is C13H18ClNO. The molecule has 1 saturated heterocycles. The molecule has 0 saturated carbocycles. The van der Waals surface area contributed by atoms with E-state index in [1.165, 1.54) is 6.42 Å². The maximum atomic E-state index is 6.07. The smallest absolute Gasteiger partial charge is 0.120 e. The van der Waals surface area contributed by atoms with Crippen LogP contribution in [0.2, 0.25) is 5.02 Å². The monoisotopic (exact) mass is 239 g/mol. The third kappa shape index (κ3) is 2.89. The lowest BCUT2D eigenvalue weighted by molar-refractivity contribution is 0.167. The van der Waals surface area contributed by atoms with Crippen molar-refractivity contribution in [3.8, 4) is 5.75 Å². The molecule has 0 amide bonds. The van der Waals surface area contributed by atoms with Gasteiger partial charge in [-0.2, -0.15) is 0 Å². The Morgan fingerprint density at radius 3 is 3.06 bits per heavy atom. The van der Waals surface area contributed by atoms with E-state index < -0.39 is 0 Å². The van der Waals surface area contributed by atoms with Crippen molar-refractivity contribution in [1.82, 2.24) is 5.32 Å². The van der Waals surface area contributed by atoms with Crippen molar-refractivity contribution in [2.45, 2.75) is 32.3 Å². The van der Waals surface area contributed by atoms with Gasteiger partial charge in [0, 0.05) is 11.6 Å². The van der Waals surface area contributed by atoms with Crippen LogP contribution in [0.3, 0.4) is 0 Å². The van der Waals surface area contributed by atoms with E-state index in [0.717, 1.165) is 42.3 Å². The molecule has 0 aromatic heterocycles. The van der Waals surface area contributed by atoms with Crippen molar-refractivity contribution in [2.24, 2.45) is 0 Å². The van der Waals surface area contributed by atoms with E-state index in [1.54, 1.807) is 0 Å². The maximum absolute atomic E-state index is 6.07. The van der Waals surface area contributed by atoms with Crippen LogP contribution < -0.4 is 10.1 Å². The van der Waals surface area contributed by atoms with Crippen LogP contribution in [0.15, 0.2) is 18.2 Å². The molecule has 0 spiro atoms. The fourth-order valence-electron chi connectivity index (χ4n) is 2.01. The van der Waals surface area contributed by atoms with Gasteiger partial charge in [0.25, 0.3) is 0 Å². The SMILES string of the molecule is CCc1cc(O[C@@H]2CCCNC2)ccc1Cl. The van der Waals surface area contributed by atoms with Crippen molar-refractivity contribution in [1.29, 1.82) is 0 Å². The van der Waals surface area contributed by atoms with E-state index >= 15 is 0 Å². The zero-order chi connectivity index (χ0) is 11.4. The molecule has 0 bridgehead atoms. The van der Waals surface area contributed by atoms with Crippen LogP contribution in [0.1, 0.15) is 25.3 Å². The number of halogens is 1. The Morgan fingerprint density at radius 2 is 2.38 bits per heavy atom. The largest absolute Gasteiger partial charge is 0.489 e. The Balaban J connectivity index is 2.03. The fraction of sp³-hybridized carbons (Fsp3) is 0.538. The number of ether oxygens (including phenoxy) is 1. The molecule has 1 N–H and O–H groups in total. The van der Waals surface area contributed by atoms with E-state index in [1.807, 2.05) is 12.1 Å². The van der Waals surface area contributed by atoms with Gasteiger partial charge >= 0.3 is 0 Å². The van der Waals surface area contributed by atoms with Crippen molar-refractivity contribution >= 4 is 11.6 Å². The highest BCUT2D eigenvalue weighted by Gasteiger charge is 2.14. The van der Waals surface area contributed by atoms with Crippen LogP contribution in [-0.4, -0.2) is 19.2 Å². The number of benzene rings is 1. The zero-order valence-electron chi connectivity index (χ0n) is 9.63. The second-order valence-corrected chi connectivity index (χ2v) is 4.60. The summed E-state index contributed by atoms with van der Waals surface area (Å²) in [6.45, 7) is 4.16. The normalized spacial score (nSPS) is 20.8. The first-order chi connectivity index (χ1) is 7.79. The lowest BCUT2D eigenvalue weighted by Crippen LogP contribution is -2.37. The molecule has 2 nitrogen and oxygen atoms in total. The third-order valence-corrected chi connectivity index (χ3v) is 3.32. The van der Waals surface area contributed by atoms with Gasteiger partial charge in [-0.1, -0.05) is 18.5 Å². The van der Waals surface area contributed by atoms with Gasteiger partial charge in [-0.25, -0.2) is 0 Å². The summed E-state index contributed by atoms with van der Waals surface area (Å²) in [5.41, 5.74) is 1.16. The minimum atomic E-state index is 0.305. The minimum absolute atomic E-state index is 0.305. The number of piperidine rings is 1. The summed E-state index contributed by atoms with van der Waals surface area (Å²) >= 11 is 6.07. The van der Waals surface area contributed by atoms with Crippen LogP contribution in [0.4, 0.5) is 0 Å². The van der Waals surface area contributed by atoms with Gasteiger partial charge in [0.15, 0.2) is 0 Å². The second-order valence-electron chi connectivity index (χ2n) is 4.19. The van der Waals surface area contributed by atoms with Gasteiger partial charge in [-0.05, 0) is 49.6 Å². The summed E-state index contributed by atoms with van der Waals surface area (Å²) in [4.78, 5) is 0. The van der Waals surface area contributed by atoms with E-state index in [4.69, 9.17) is 16.3 Å². The highest BCUT2D eigenvalue weighted by Crippen LogP contribution is 2.24. The predicted molar refractivity (Wildman–Crippen MR) is 67.3 cm³/mol. The first-order valence-electron chi connectivity index (χ1n) is 5.95.